The average Bonchev–Trinajstić information content (AvgIpc) is 3.00. The molecule has 1 saturated carbocycles. The van der Waals surface area contributed by atoms with Crippen LogP contribution in [-0.4, -0.2) is 16.2 Å². The second kappa shape index (κ2) is 5.76. The topological polar surface area (TPSA) is 33.1 Å². The summed E-state index contributed by atoms with van der Waals surface area (Å²) in [6.45, 7) is 0. The van der Waals surface area contributed by atoms with Gasteiger partial charge in [0.15, 0.2) is 0 Å². The molecule has 2 heteroatoms. The van der Waals surface area contributed by atoms with E-state index in [4.69, 9.17) is 0 Å². The van der Waals surface area contributed by atoms with Crippen LogP contribution in [0.1, 0.15) is 36.8 Å². The summed E-state index contributed by atoms with van der Waals surface area (Å²) >= 11 is 0. The maximum absolute atomic E-state index is 10.9. The molecule has 1 N–H and O–H groups in total. The lowest BCUT2D eigenvalue weighted by Crippen LogP contribution is -2.38. The average molecular weight is 267 g/mol. The van der Waals surface area contributed by atoms with Gasteiger partial charge in [-0.2, -0.15) is 0 Å². The monoisotopic (exact) mass is 267 g/mol. The minimum atomic E-state index is -0.336. The largest absolute Gasteiger partial charge is 0.392 e. The Hall–Kier alpha value is -1.67. The van der Waals surface area contributed by atoms with Gasteiger partial charge in [-0.25, -0.2) is 0 Å². The van der Waals surface area contributed by atoms with Gasteiger partial charge in [-0.05, 0) is 30.0 Å². The highest BCUT2D eigenvalue weighted by molar-refractivity contribution is 5.29. The van der Waals surface area contributed by atoms with Crippen LogP contribution < -0.4 is 0 Å². The molecular weight excluding hydrogens is 246 g/mol. The van der Waals surface area contributed by atoms with Crippen LogP contribution in [0.15, 0.2) is 54.9 Å². The molecule has 0 bridgehead atoms. The van der Waals surface area contributed by atoms with E-state index in [0.717, 1.165) is 18.4 Å². The number of aliphatic hydroxyl groups is 1. The number of nitrogens with zero attached hydrogens (tertiary/aromatic N) is 1. The Labute approximate surface area is 120 Å². The van der Waals surface area contributed by atoms with Crippen LogP contribution in [-0.2, 0) is 11.8 Å². The molecule has 1 heterocycles. The van der Waals surface area contributed by atoms with Crippen LogP contribution in [0.3, 0.4) is 0 Å². The number of rotatable bonds is 4. The highest BCUT2D eigenvalue weighted by Crippen LogP contribution is 2.44. The quantitative estimate of drug-likeness (QED) is 0.919. The van der Waals surface area contributed by atoms with E-state index in [9.17, 15) is 5.11 Å². The standard InChI is InChI=1S/C18H21NO/c20-17(13-15-7-6-12-19-14-15)18(10-4-5-11-18)16-8-2-1-3-9-16/h1-3,6-9,12,14,17,20H,4-5,10-11,13H2. The van der Waals surface area contributed by atoms with Crippen LogP contribution in [0.25, 0.3) is 0 Å². The number of hydrogen-bond donors (Lipinski definition) is 1. The molecule has 1 aromatic heterocycles. The molecule has 0 radical (unpaired) electrons. The summed E-state index contributed by atoms with van der Waals surface area (Å²) in [5.41, 5.74) is 2.33. The number of pyridine rings is 1. The van der Waals surface area contributed by atoms with Crippen LogP contribution in [0, 0.1) is 0 Å². The highest BCUT2D eigenvalue weighted by atomic mass is 16.3. The number of benzene rings is 1. The second-order valence-electron chi connectivity index (χ2n) is 5.81. The Morgan fingerprint density at radius 3 is 2.45 bits per heavy atom. The molecule has 0 spiro atoms. The van der Waals surface area contributed by atoms with Gasteiger partial charge in [0.25, 0.3) is 0 Å². The van der Waals surface area contributed by atoms with Crippen molar-refractivity contribution in [3.8, 4) is 0 Å². The summed E-state index contributed by atoms with van der Waals surface area (Å²) in [6, 6.07) is 14.5. The molecule has 20 heavy (non-hydrogen) atoms. The van der Waals surface area contributed by atoms with E-state index in [0.29, 0.717) is 6.42 Å². The van der Waals surface area contributed by atoms with Crippen molar-refractivity contribution < 1.29 is 5.11 Å². The summed E-state index contributed by atoms with van der Waals surface area (Å²) in [6.07, 6.45) is 8.56. The third-order valence-electron chi connectivity index (χ3n) is 4.63. The zero-order valence-corrected chi connectivity index (χ0v) is 11.7. The van der Waals surface area contributed by atoms with E-state index in [1.165, 1.54) is 18.4 Å². The van der Waals surface area contributed by atoms with Gasteiger partial charge in [-0.1, -0.05) is 49.2 Å². The molecule has 1 unspecified atom stereocenters. The van der Waals surface area contributed by atoms with Crippen LogP contribution in [0.4, 0.5) is 0 Å². The summed E-state index contributed by atoms with van der Waals surface area (Å²) in [5.74, 6) is 0. The Kier molecular flexibility index (Phi) is 3.83. The van der Waals surface area contributed by atoms with Crippen molar-refractivity contribution in [3.63, 3.8) is 0 Å². The van der Waals surface area contributed by atoms with Crippen LogP contribution in [0.5, 0.6) is 0 Å². The number of aromatic nitrogens is 1. The van der Waals surface area contributed by atoms with Crippen molar-refractivity contribution in [1.82, 2.24) is 4.98 Å². The van der Waals surface area contributed by atoms with E-state index in [1.54, 1.807) is 6.20 Å². The predicted octanol–water partition coefficient (Wildman–Crippen LogP) is 3.50. The fourth-order valence-electron chi connectivity index (χ4n) is 3.53. The van der Waals surface area contributed by atoms with E-state index >= 15 is 0 Å². The zero-order chi connectivity index (χ0) is 13.8. The second-order valence-corrected chi connectivity index (χ2v) is 5.81. The van der Waals surface area contributed by atoms with Gasteiger partial charge in [0.1, 0.15) is 0 Å². The smallest absolute Gasteiger partial charge is 0.0677 e. The molecule has 1 aliphatic rings. The molecule has 0 aliphatic heterocycles. The predicted molar refractivity (Wildman–Crippen MR) is 80.5 cm³/mol. The third-order valence-corrected chi connectivity index (χ3v) is 4.63. The number of aliphatic hydroxyl groups excluding tert-OH is 1. The fourth-order valence-corrected chi connectivity index (χ4v) is 3.53. The maximum Gasteiger partial charge on any atom is 0.0677 e. The summed E-state index contributed by atoms with van der Waals surface area (Å²) in [4.78, 5) is 4.15. The maximum atomic E-state index is 10.9. The molecule has 0 saturated heterocycles. The lowest BCUT2D eigenvalue weighted by atomic mass is 9.72. The van der Waals surface area contributed by atoms with E-state index in [1.807, 2.05) is 24.4 Å². The molecule has 1 atom stereocenters. The molecule has 1 aromatic carbocycles. The Morgan fingerprint density at radius 1 is 1.05 bits per heavy atom. The van der Waals surface area contributed by atoms with Gasteiger partial charge in [-0.3, -0.25) is 4.98 Å². The van der Waals surface area contributed by atoms with Gasteiger partial charge in [-0.15, -0.1) is 0 Å². The van der Waals surface area contributed by atoms with E-state index in [2.05, 4.69) is 29.2 Å². The van der Waals surface area contributed by atoms with Crippen molar-refractivity contribution in [1.29, 1.82) is 0 Å². The lowest BCUT2D eigenvalue weighted by molar-refractivity contribution is 0.0825. The van der Waals surface area contributed by atoms with Crippen molar-refractivity contribution in [3.05, 3.63) is 66.0 Å². The summed E-state index contributed by atoms with van der Waals surface area (Å²) in [5, 5.41) is 10.9. The van der Waals surface area contributed by atoms with Crippen LogP contribution >= 0.6 is 0 Å². The Morgan fingerprint density at radius 2 is 1.80 bits per heavy atom. The van der Waals surface area contributed by atoms with Gasteiger partial charge < -0.3 is 5.11 Å². The lowest BCUT2D eigenvalue weighted by Gasteiger charge is -2.35. The van der Waals surface area contributed by atoms with Crippen molar-refractivity contribution in [2.24, 2.45) is 0 Å². The Bertz CT molecular complexity index is 532. The van der Waals surface area contributed by atoms with Crippen molar-refractivity contribution in [2.45, 2.75) is 43.6 Å². The third kappa shape index (κ3) is 2.48. The Balaban J connectivity index is 1.87. The molecular formula is C18H21NO. The zero-order valence-electron chi connectivity index (χ0n) is 11.7. The van der Waals surface area contributed by atoms with Gasteiger partial charge in [0, 0.05) is 24.2 Å². The molecule has 1 fully saturated rings. The summed E-state index contributed by atoms with van der Waals surface area (Å²) < 4.78 is 0. The number of hydrogen-bond acceptors (Lipinski definition) is 2. The molecule has 2 aromatic rings. The first-order chi connectivity index (χ1) is 9.81. The minimum absolute atomic E-state index is 0.0723. The van der Waals surface area contributed by atoms with Gasteiger partial charge >= 0.3 is 0 Å². The SMILES string of the molecule is OC(Cc1cccnc1)C1(c2ccccc2)CCCC1. The first-order valence-electron chi connectivity index (χ1n) is 7.44. The highest BCUT2D eigenvalue weighted by Gasteiger charge is 2.41. The molecule has 0 amide bonds. The van der Waals surface area contributed by atoms with E-state index < -0.39 is 0 Å². The summed E-state index contributed by atoms with van der Waals surface area (Å²) in [7, 11) is 0. The molecule has 104 valence electrons. The van der Waals surface area contributed by atoms with Gasteiger partial charge in [0.2, 0.25) is 0 Å². The molecule has 2 nitrogen and oxygen atoms in total. The van der Waals surface area contributed by atoms with Crippen molar-refractivity contribution >= 4 is 0 Å². The first kappa shape index (κ1) is 13.3. The molecule has 1 aliphatic carbocycles. The minimum Gasteiger partial charge on any atom is -0.392 e. The normalized spacial score (nSPS) is 18.9. The first-order valence-corrected chi connectivity index (χ1v) is 7.44. The van der Waals surface area contributed by atoms with Gasteiger partial charge in [0.05, 0.1) is 6.10 Å². The van der Waals surface area contributed by atoms with Crippen molar-refractivity contribution in [2.75, 3.05) is 0 Å². The van der Waals surface area contributed by atoms with Crippen LogP contribution in [0.2, 0.25) is 0 Å². The van der Waals surface area contributed by atoms with E-state index in [-0.39, 0.29) is 11.5 Å². The molecule has 3 rings (SSSR count). The fraction of sp³-hybridized carbons (Fsp3) is 0.389.